The first-order valence-electron chi connectivity index (χ1n) is 7.82. The number of amides is 2. The summed E-state index contributed by atoms with van der Waals surface area (Å²) >= 11 is 1.09. The highest BCUT2D eigenvalue weighted by molar-refractivity contribution is 7.22. The van der Waals surface area contributed by atoms with Gasteiger partial charge in [-0.15, -0.1) is 0 Å². The number of benzene rings is 1. The van der Waals surface area contributed by atoms with E-state index in [1.54, 1.807) is 11.8 Å². The van der Waals surface area contributed by atoms with Crippen molar-refractivity contribution in [1.82, 2.24) is 9.88 Å². The van der Waals surface area contributed by atoms with Gasteiger partial charge in [-0.1, -0.05) is 18.3 Å². The van der Waals surface area contributed by atoms with Crippen LogP contribution in [0.2, 0.25) is 0 Å². The van der Waals surface area contributed by atoms with Crippen molar-refractivity contribution in [2.75, 3.05) is 18.4 Å². The molecule has 1 N–H and O–H groups in total. The Kier molecular flexibility index (Phi) is 4.75. The van der Waals surface area contributed by atoms with Crippen LogP contribution in [0, 0.1) is 17.6 Å². The topological polar surface area (TPSA) is 62.3 Å². The predicted octanol–water partition coefficient (Wildman–Crippen LogP) is 3.16. The molecular formula is C16H17F2N3O2S. The van der Waals surface area contributed by atoms with E-state index in [1.165, 1.54) is 0 Å². The van der Waals surface area contributed by atoms with E-state index in [2.05, 4.69) is 10.3 Å². The van der Waals surface area contributed by atoms with E-state index in [4.69, 9.17) is 0 Å². The average Bonchev–Trinajstić information content (AvgIpc) is 2.95. The van der Waals surface area contributed by atoms with Gasteiger partial charge in [0.2, 0.25) is 11.8 Å². The van der Waals surface area contributed by atoms with Crippen molar-refractivity contribution in [3.05, 3.63) is 23.8 Å². The van der Waals surface area contributed by atoms with Crippen molar-refractivity contribution < 1.29 is 18.4 Å². The monoisotopic (exact) mass is 353 g/mol. The Morgan fingerprint density at radius 2 is 2.12 bits per heavy atom. The lowest BCUT2D eigenvalue weighted by Gasteiger charge is -2.31. The highest BCUT2D eigenvalue weighted by atomic mass is 32.1. The highest BCUT2D eigenvalue weighted by Gasteiger charge is 2.28. The Labute approximate surface area is 141 Å². The number of rotatable bonds is 3. The molecule has 0 bridgehead atoms. The molecule has 0 radical (unpaired) electrons. The standard InChI is InChI=1S/C16H17F2N3O2S/c1-2-14(22)21-5-3-4-9(8-21)15(23)20-16-19-12-6-10(17)11(18)7-13(12)24-16/h6-7,9H,2-5,8H2,1H3,(H,19,20,23)/t9-/m1/s1. The second-order valence-electron chi connectivity index (χ2n) is 5.77. The number of aromatic nitrogens is 1. The molecule has 1 aliphatic rings. The Hall–Kier alpha value is -2.09. The first-order chi connectivity index (χ1) is 11.5. The number of thiazole rings is 1. The fourth-order valence-corrected chi connectivity index (χ4v) is 3.70. The second-order valence-corrected chi connectivity index (χ2v) is 6.81. The van der Waals surface area contributed by atoms with Crippen LogP contribution in [0.5, 0.6) is 0 Å². The fourth-order valence-electron chi connectivity index (χ4n) is 2.83. The van der Waals surface area contributed by atoms with Crippen molar-refractivity contribution in [3.63, 3.8) is 0 Å². The summed E-state index contributed by atoms with van der Waals surface area (Å²) in [5.41, 5.74) is 0.306. The van der Waals surface area contributed by atoms with E-state index < -0.39 is 11.6 Å². The molecule has 2 amide bonds. The van der Waals surface area contributed by atoms with Crippen molar-refractivity contribution in [3.8, 4) is 0 Å². The minimum absolute atomic E-state index is 0.0402. The zero-order valence-corrected chi connectivity index (χ0v) is 14.0. The van der Waals surface area contributed by atoms with Gasteiger partial charge < -0.3 is 10.2 Å². The van der Waals surface area contributed by atoms with E-state index in [0.29, 0.717) is 41.3 Å². The van der Waals surface area contributed by atoms with Crippen LogP contribution in [0.4, 0.5) is 13.9 Å². The van der Waals surface area contributed by atoms with Gasteiger partial charge in [-0.05, 0) is 18.9 Å². The van der Waals surface area contributed by atoms with Crippen molar-refractivity contribution in [1.29, 1.82) is 0 Å². The SMILES string of the molecule is CCC(=O)N1CCC[C@@H](C(=O)Nc2nc3cc(F)c(F)cc3s2)C1. The summed E-state index contributed by atoms with van der Waals surface area (Å²) in [6.07, 6.45) is 1.90. The molecule has 5 nitrogen and oxygen atoms in total. The van der Waals surface area contributed by atoms with Gasteiger partial charge in [0, 0.05) is 25.6 Å². The largest absolute Gasteiger partial charge is 0.342 e. The van der Waals surface area contributed by atoms with Crippen LogP contribution in [-0.2, 0) is 9.59 Å². The molecule has 0 unspecified atom stereocenters. The van der Waals surface area contributed by atoms with Gasteiger partial charge >= 0.3 is 0 Å². The van der Waals surface area contributed by atoms with Crippen LogP contribution in [-0.4, -0.2) is 34.8 Å². The zero-order chi connectivity index (χ0) is 17.3. The zero-order valence-electron chi connectivity index (χ0n) is 13.1. The summed E-state index contributed by atoms with van der Waals surface area (Å²) in [4.78, 5) is 30.0. The summed E-state index contributed by atoms with van der Waals surface area (Å²) in [5, 5.41) is 3.01. The molecule has 1 fully saturated rings. The number of hydrogen-bond acceptors (Lipinski definition) is 4. The highest BCUT2D eigenvalue weighted by Crippen LogP contribution is 2.28. The van der Waals surface area contributed by atoms with E-state index >= 15 is 0 Å². The number of carbonyl (C=O) groups excluding carboxylic acids is 2. The van der Waals surface area contributed by atoms with Crippen molar-refractivity contribution in [2.45, 2.75) is 26.2 Å². The van der Waals surface area contributed by atoms with E-state index in [9.17, 15) is 18.4 Å². The van der Waals surface area contributed by atoms with E-state index in [0.717, 1.165) is 29.9 Å². The summed E-state index contributed by atoms with van der Waals surface area (Å²) in [6.45, 7) is 2.87. The van der Waals surface area contributed by atoms with Crippen LogP contribution >= 0.6 is 11.3 Å². The molecule has 1 aromatic carbocycles. The molecule has 24 heavy (non-hydrogen) atoms. The van der Waals surface area contributed by atoms with Crippen LogP contribution in [0.1, 0.15) is 26.2 Å². The number of likely N-dealkylation sites (tertiary alicyclic amines) is 1. The minimum atomic E-state index is -0.966. The van der Waals surface area contributed by atoms with Crippen molar-refractivity contribution in [2.24, 2.45) is 5.92 Å². The van der Waals surface area contributed by atoms with Gasteiger partial charge in [0.15, 0.2) is 16.8 Å². The fraction of sp³-hybridized carbons (Fsp3) is 0.438. The van der Waals surface area contributed by atoms with Crippen LogP contribution in [0.25, 0.3) is 10.2 Å². The number of carbonyl (C=O) groups is 2. The Morgan fingerprint density at radius 3 is 2.88 bits per heavy atom. The number of nitrogens with one attached hydrogen (secondary N) is 1. The number of fused-ring (bicyclic) bond motifs is 1. The smallest absolute Gasteiger partial charge is 0.231 e. The first kappa shape index (κ1) is 16.8. The van der Waals surface area contributed by atoms with Gasteiger partial charge in [-0.2, -0.15) is 0 Å². The van der Waals surface area contributed by atoms with E-state index in [-0.39, 0.29) is 17.7 Å². The number of anilines is 1. The predicted molar refractivity (Wildman–Crippen MR) is 87.8 cm³/mol. The molecule has 2 heterocycles. The lowest BCUT2D eigenvalue weighted by Crippen LogP contribution is -2.43. The Bertz CT molecular complexity index is 754. The average molecular weight is 353 g/mol. The molecule has 1 aromatic heterocycles. The van der Waals surface area contributed by atoms with Gasteiger partial charge in [0.25, 0.3) is 0 Å². The van der Waals surface area contributed by atoms with Crippen LogP contribution in [0.3, 0.4) is 0 Å². The Morgan fingerprint density at radius 1 is 1.38 bits per heavy atom. The third-order valence-electron chi connectivity index (χ3n) is 4.11. The molecule has 0 aliphatic carbocycles. The van der Waals surface area contributed by atoms with Gasteiger partial charge in [-0.3, -0.25) is 9.59 Å². The van der Waals surface area contributed by atoms with Crippen LogP contribution < -0.4 is 5.32 Å². The third-order valence-corrected chi connectivity index (χ3v) is 5.04. The number of nitrogens with zero attached hydrogens (tertiary/aromatic N) is 2. The molecule has 1 aliphatic heterocycles. The van der Waals surface area contributed by atoms with Gasteiger partial charge in [-0.25, -0.2) is 13.8 Å². The number of halogens is 2. The molecule has 128 valence electrons. The van der Waals surface area contributed by atoms with Crippen molar-refractivity contribution >= 4 is 38.5 Å². The maximum Gasteiger partial charge on any atom is 0.231 e. The summed E-state index contributed by atoms with van der Waals surface area (Å²) < 4.78 is 26.9. The quantitative estimate of drug-likeness (QED) is 0.922. The molecule has 8 heteroatoms. The molecule has 2 aromatic rings. The normalized spacial score (nSPS) is 18.0. The van der Waals surface area contributed by atoms with Crippen LogP contribution in [0.15, 0.2) is 12.1 Å². The lowest BCUT2D eigenvalue weighted by molar-refractivity contribution is -0.134. The number of hydrogen-bond donors (Lipinski definition) is 1. The second kappa shape index (κ2) is 6.80. The molecular weight excluding hydrogens is 336 g/mol. The maximum absolute atomic E-state index is 13.2. The summed E-state index contributed by atoms with van der Waals surface area (Å²) in [7, 11) is 0. The first-order valence-corrected chi connectivity index (χ1v) is 8.63. The van der Waals surface area contributed by atoms with Gasteiger partial charge in [0.1, 0.15) is 0 Å². The lowest BCUT2D eigenvalue weighted by atomic mass is 9.97. The molecule has 3 rings (SSSR count). The summed E-state index contributed by atoms with van der Waals surface area (Å²) in [5.74, 6) is -2.38. The maximum atomic E-state index is 13.2. The van der Waals surface area contributed by atoms with E-state index in [1.807, 2.05) is 0 Å². The Balaban J connectivity index is 1.71. The minimum Gasteiger partial charge on any atom is -0.342 e. The molecule has 1 atom stereocenters. The van der Waals surface area contributed by atoms with Gasteiger partial charge in [0.05, 0.1) is 16.1 Å². The third kappa shape index (κ3) is 3.38. The molecule has 0 saturated carbocycles. The number of piperidine rings is 1. The molecule has 0 spiro atoms. The molecule has 1 saturated heterocycles. The summed E-state index contributed by atoms with van der Waals surface area (Å²) in [6, 6.07) is 2.08.